The van der Waals surface area contributed by atoms with Crippen molar-refractivity contribution in [3.8, 4) is 5.75 Å². The maximum Gasteiger partial charge on any atom is 0.338 e. The molecule has 18 heavy (non-hydrogen) atoms. The lowest BCUT2D eigenvalue weighted by molar-refractivity contribution is 0.0377. The van der Waals surface area contributed by atoms with E-state index in [0.717, 1.165) is 0 Å². The maximum absolute atomic E-state index is 13.9. The van der Waals surface area contributed by atoms with Gasteiger partial charge in [0.2, 0.25) is 0 Å². The number of hydrogen-bond acceptors (Lipinski definition) is 4. The standard InChI is InChI=1S/C13H16FNO3/c1-8(2)18-13(16)9-5-11(14)10-7-15-3-4-17-12(10)6-9/h5-6,8,15H,3-4,7H2,1-2H3. The van der Waals surface area contributed by atoms with Crippen molar-refractivity contribution in [2.45, 2.75) is 26.5 Å². The Labute approximate surface area is 105 Å². The zero-order valence-corrected chi connectivity index (χ0v) is 10.5. The Hall–Kier alpha value is -1.62. The Morgan fingerprint density at radius 2 is 2.28 bits per heavy atom. The minimum Gasteiger partial charge on any atom is -0.492 e. The van der Waals surface area contributed by atoms with Gasteiger partial charge in [-0.15, -0.1) is 0 Å². The molecular weight excluding hydrogens is 237 g/mol. The number of nitrogens with one attached hydrogen (secondary N) is 1. The number of carbonyl (C=O) groups is 1. The van der Waals surface area contributed by atoms with Crippen molar-refractivity contribution >= 4 is 5.97 Å². The third-order valence-corrected chi connectivity index (χ3v) is 2.57. The van der Waals surface area contributed by atoms with Gasteiger partial charge >= 0.3 is 5.97 Å². The van der Waals surface area contributed by atoms with E-state index in [-0.39, 0.29) is 11.7 Å². The molecule has 0 aromatic heterocycles. The molecule has 0 aliphatic carbocycles. The molecule has 2 rings (SSSR count). The Morgan fingerprint density at radius 1 is 1.50 bits per heavy atom. The smallest absolute Gasteiger partial charge is 0.338 e. The average molecular weight is 253 g/mol. The molecule has 5 heteroatoms. The van der Waals surface area contributed by atoms with Crippen LogP contribution in [0.1, 0.15) is 29.8 Å². The van der Waals surface area contributed by atoms with Crippen molar-refractivity contribution in [3.05, 3.63) is 29.1 Å². The topological polar surface area (TPSA) is 47.6 Å². The molecule has 1 aromatic carbocycles. The lowest BCUT2D eigenvalue weighted by Crippen LogP contribution is -2.16. The summed E-state index contributed by atoms with van der Waals surface area (Å²) >= 11 is 0. The van der Waals surface area contributed by atoms with Crippen LogP contribution < -0.4 is 10.1 Å². The maximum atomic E-state index is 13.9. The Balaban J connectivity index is 2.31. The molecule has 1 aliphatic heterocycles. The van der Waals surface area contributed by atoms with Crippen molar-refractivity contribution in [2.24, 2.45) is 0 Å². The number of hydrogen-bond donors (Lipinski definition) is 1. The zero-order chi connectivity index (χ0) is 13.1. The summed E-state index contributed by atoms with van der Waals surface area (Å²) in [5.41, 5.74) is 0.635. The first-order valence-corrected chi connectivity index (χ1v) is 5.95. The highest BCUT2D eigenvalue weighted by Crippen LogP contribution is 2.25. The summed E-state index contributed by atoms with van der Waals surface area (Å²) in [4.78, 5) is 11.7. The van der Waals surface area contributed by atoms with Crippen LogP contribution in [0, 0.1) is 5.82 Å². The van der Waals surface area contributed by atoms with Gasteiger partial charge in [-0.1, -0.05) is 0 Å². The van der Waals surface area contributed by atoms with Crippen LogP contribution in [0.5, 0.6) is 5.75 Å². The van der Waals surface area contributed by atoms with E-state index in [4.69, 9.17) is 9.47 Å². The Morgan fingerprint density at radius 3 is 3.00 bits per heavy atom. The van der Waals surface area contributed by atoms with Gasteiger partial charge in [-0.25, -0.2) is 9.18 Å². The largest absolute Gasteiger partial charge is 0.492 e. The third kappa shape index (κ3) is 2.79. The molecule has 0 bridgehead atoms. The van der Waals surface area contributed by atoms with Crippen LogP contribution in [0.3, 0.4) is 0 Å². The number of halogens is 1. The van der Waals surface area contributed by atoms with Gasteiger partial charge in [0.1, 0.15) is 18.2 Å². The first-order chi connectivity index (χ1) is 8.58. The third-order valence-electron chi connectivity index (χ3n) is 2.57. The number of ether oxygens (including phenoxy) is 2. The number of carbonyl (C=O) groups excluding carboxylic acids is 1. The minimum absolute atomic E-state index is 0.182. The fraction of sp³-hybridized carbons (Fsp3) is 0.462. The molecule has 0 unspecified atom stereocenters. The first kappa shape index (κ1) is 12.8. The zero-order valence-electron chi connectivity index (χ0n) is 10.5. The molecule has 0 radical (unpaired) electrons. The van der Waals surface area contributed by atoms with E-state index in [1.54, 1.807) is 13.8 Å². The van der Waals surface area contributed by atoms with Gasteiger partial charge in [-0.05, 0) is 26.0 Å². The van der Waals surface area contributed by atoms with Crippen LogP contribution >= 0.6 is 0 Å². The van der Waals surface area contributed by atoms with E-state index in [0.29, 0.717) is 31.0 Å². The fourth-order valence-electron chi connectivity index (χ4n) is 1.76. The van der Waals surface area contributed by atoms with Crippen LogP contribution in [0.2, 0.25) is 0 Å². The molecule has 1 heterocycles. The van der Waals surface area contributed by atoms with E-state index in [2.05, 4.69) is 5.32 Å². The monoisotopic (exact) mass is 253 g/mol. The summed E-state index contributed by atoms with van der Waals surface area (Å²) in [7, 11) is 0. The van der Waals surface area contributed by atoms with Crippen LogP contribution in [-0.4, -0.2) is 25.2 Å². The van der Waals surface area contributed by atoms with Crippen LogP contribution in [0.4, 0.5) is 4.39 Å². The van der Waals surface area contributed by atoms with Crippen molar-refractivity contribution < 1.29 is 18.7 Å². The van der Waals surface area contributed by atoms with E-state index < -0.39 is 11.8 Å². The second kappa shape index (κ2) is 5.35. The SMILES string of the molecule is CC(C)OC(=O)c1cc(F)c2c(c1)OCCNC2. The van der Waals surface area contributed by atoms with Crippen molar-refractivity contribution in [1.82, 2.24) is 5.32 Å². The quantitative estimate of drug-likeness (QED) is 0.817. The van der Waals surface area contributed by atoms with Crippen molar-refractivity contribution in [1.29, 1.82) is 0 Å². The highest BCUT2D eigenvalue weighted by atomic mass is 19.1. The van der Waals surface area contributed by atoms with Gasteiger partial charge in [0.15, 0.2) is 0 Å². The van der Waals surface area contributed by atoms with E-state index in [9.17, 15) is 9.18 Å². The lowest BCUT2D eigenvalue weighted by atomic mass is 10.1. The molecule has 98 valence electrons. The lowest BCUT2D eigenvalue weighted by Gasteiger charge is -2.12. The van der Waals surface area contributed by atoms with E-state index in [1.165, 1.54) is 12.1 Å². The molecule has 0 fully saturated rings. The van der Waals surface area contributed by atoms with Crippen LogP contribution in [0.15, 0.2) is 12.1 Å². The summed E-state index contributed by atoms with van der Waals surface area (Å²) in [5.74, 6) is -0.569. The number of esters is 1. The van der Waals surface area contributed by atoms with Gasteiger partial charge in [-0.2, -0.15) is 0 Å². The Bertz CT molecular complexity index is 460. The average Bonchev–Trinajstić information content (AvgIpc) is 2.53. The highest BCUT2D eigenvalue weighted by Gasteiger charge is 2.19. The predicted molar refractivity (Wildman–Crippen MR) is 64.2 cm³/mol. The van der Waals surface area contributed by atoms with Gasteiger partial charge < -0.3 is 14.8 Å². The minimum atomic E-state index is -0.535. The van der Waals surface area contributed by atoms with Gasteiger partial charge in [0.25, 0.3) is 0 Å². The molecule has 0 amide bonds. The predicted octanol–water partition coefficient (Wildman–Crippen LogP) is 1.87. The molecule has 0 saturated heterocycles. The van der Waals surface area contributed by atoms with Crippen molar-refractivity contribution in [2.75, 3.05) is 13.2 Å². The highest BCUT2D eigenvalue weighted by molar-refractivity contribution is 5.90. The second-order valence-electron chi connectivity index (χ2n) is 4.41. The molecular formula is C13H16FNO3. The summed E-state index contributed by atoms with van der Waals surface area (Å²) < 4.78 is 24.3. The van der Waals surface area contributed by atoms with E-state index in [1.807, 2.05) is 0 Å². The second-order valence-corrected chi connectivity index (χ2v) is 4.41. The molecule has 0 saturated carbocycles. The van der Waals surface area contributed by atoms with Crippen LogP contribution in [0.25, 0.3) is 0 Å². The normalized spacial score (nSPS) is 14.7. The fourth-order valence-corrected chi connectivity index (χ4v) is 1.76. The van der Waals surface area contributed by atoms with Crippen LogP contribution in [-0.2, 0) is 11.3 Å². The molecule has 4 nitrogen and oxygen atoms in total. The summed E-state index contributed by atoms with van der Waals surface area (Å²) in [6.45, 7) is 5.01. The van der Waals surface area contributed by atoms with E-state index >= 15 is 0 Å². The number of benzene rings is 1. The molecule has 1 N–H and O–H groups in total. The van der Waals surface area contributed by atoms with Crippen molar-refractivity contribution in [3.63, 3.8) is 0 Å². The summed E-state index contributed by atoms with van der Waals surface area (Å²) in [6, 6.07) is 2.73. The molecule has 0 spiro atoms. The molecule has 0 atom stereocenters. The molecule has 1 aliphatic rings. The van der Waals surface area contributed by atoms with Gasteiger partial charge in [-0.3, -0.25) is 0 Å². The first-order valence-electron chi connectivity index (χ1n) is 5.95. The summed E-state index contributed by atoms with van der Waals surface area (Å²) in [6.07, 6.45) is -0.234. The number of rotatable bonds is 2. The molecule has 1 aromatic rings. The Kier molecular flexibility index (Phi) is 3.81. The van der Waals surface area contributed by atoms with Gasteiger partial charge in [0.05, 0.1) is 11.7 Å². The van der Waals surface area contributed by atoms with Gasteiger partial charge in [0, 0.05) is 18.7 Å². The number of fused-ring (bicyclic) bond motifs is 1. The summed E-state index contributed by atoms with van der Waals surface area (Å²) in [5, 5.41) is 3.04.